The topological polar surface area (TPSA) is 57.3 Å². The predicted molar refractivity (Wildman–Crippen MR) is 101 cm³/mol. The predicted octanol–water partition coefficient (Wildman–Crippen LogP) is 2.12. The maximum Gasteiger partial charge on any atom is 0.227 e. The lowest BCUT2D eigenvalue weighted by atomic mass is 9.81. The molecular weight excluding hydrogens is 324 g/mol. The minimum Gasteiger partial charge on any atom is -0.342 e. The number of nitrogens with one attached hydrogen (secondary N) is 2. The Labute approximate surface area is 154 Å². The summed E-state index contributed by atoms with van der Waals surface area (Å²) in [4.78, 5) is 18.9. The Morgan fingerprint density at radius 1 is 1.19 bits per heavy atom. The van der Waals surface area contributed by atoms with Crippen molar-refractivity contribution >= 4 is 5.91 Å². The van der Waals surface area contributed by atoms with Crippen LogP contribution in [-0.4, -0.2) is 41.5 Å². The highest BCUT2D eigenvalue weighted by molar-refractivity contribution is 5.78. The molecule has 4 rings (SSSR count). The van der Waals surface area contributed by atoms with Crippen LogP contribution in [-0.2, 0) is 11.2 Å². The van der Waals surface area contributed by atoms with Crippen LogP contribution < -0.4 is 10.9 Å². The van der Waals surface area contributed by atoms with Crippen LogP contribution in [0.15, 0.2) is 54.9 Å². The van der Waals surface area contributed by atoms with Crippen LogP contribution in [0.5, 0.6) is 0 Å². The van der Waals surface area contributed by atoms with Crippen molar-refractivity contribution < 1.29 is 4.79 Å². The molecule has 0 bridgehead atoms. The summed E-state index contributed by atoms with van der Waals surface area (Å²) in [6.07, 6.45) is 6.21. The lowest BCUT2D eigenvalue weighted by Gasteiger charge is -2.37. The minimum atomic E-state index is 0.213. The van der Waals surface area contributed by atoms with Gasteiger partial charge in [0.1, 0.15) is 0 Å². The summed E-state index contributed by atoms with van der Waals surface area (Å²) in [6, 6.07) is 14.9. The second kappa shape index (κ2) is 7.98. The zero-order chi connectivity index (χ0) is 17.8. The lowest BCUT2D eigenvalue weighted by Crippen LogP contribution is -2.48. The largest absolute Gasteiger partial charge is 0.342 e. The first kappa shape index (κ1) is 17.2. The van der Waals surface area contributed by atoms with E-state index in [-0.39, 0.29) is 5.91 Å². The molecule has 2 N–H and O–H groups in total. The Morgan fingerprint density at radius 3 is 2.88 bits per heavy atom. The van der Waals surface area contributed by atoms with Gasteiger partial charge in [0, 0.05) is 44.0 Å². The molecule has 1 aromatic heterocycles. The number of hydrogen-bond acceptors (Lipinski definition) is 4. The van der Waals surface area contributed by atoms with Gasteiger partial charge in [0.25, 0.3) is 0 Å². The molecule has 1 aromatic carbocycles. The quantitative estimate of drug-likeness (QED) is 0.887. The van der Waals surface area contributed by atoms with Crippen LogP contribution >= 0.6 is 0 Å². The van der Waals surface area contributed by atoms with Crippen LogP contribution in [0, 0.1) is 5.92 Å². The molecule has 3 atom stereocenters. The molecule has 0 aliphatic carbocycles. The Kier molecular flexibility index (Phi) is 5.27. The van der Waals surface area contributed by atoms with E-state index in [4.69, 9.17) is 0 Å². The molecule has 2 saturated heterocycles. The molecule has 2 aromatic rings. The van der Waals surface area contributed by atoms with Gasteiger partial charge in [-0.05, 0) is 36.0 Å². The summed E-state index contributed by atoms with van der Waals surface area (Å²) in [7, 11) is 0. The van der Waals surface area contributed by atoms with Gasteiger partial charge in [-0.2, -0.15) is 0 Å². The first-order valence-electron chi connectivity index (χ1n) is 9.51. The summed E-state index contributed by atoms with van der Waals surface area (Å²) in [5, 5.41) is 0. The van der Waals surface area contributed by atoms with Gasteiger partial charge in [-0.3, -0.25) is 20.6 Å². The zero-order valence-electron chi connectivity index (χ0n) is 15.0. The van der Waals surface area contributed by atoms with E-state index in [1.54, 1.807) is 12.4 Å². The van der Waals surface area contributed by atoms with Crippen molar-refractivity contribution in [3.8, 4) is 0 Å². The fourth-order valence-corrected chi connectivity index (χ4v) is 4.30. The molecule has 5 heteroatoms. The maximum absolute atomic E-state index is 12.7. The maximum atomic E-state index is 12.7. The van der Waals surface area contributed by atoms with Crippen molar-refractivity contribution in [2.24, 2.45) is 5.92 Å². The molecular formula is C21H26N4O. The summed E-state index contributed by atoms with van der Waals surface area (Å²) < 4.78 is 0. The van der Waals surface area contributed by atoms with Gasteiger partial charge >= 0.3 is 0 Å². The highest BCUT2D eigenvalue weighted by Gasteiger charge is 2.37. The van der Waals surface area contributed by atoms with E-state index in [2.05, 4.69) is 46.2 Å². The molecule has 0 saturated carbocycles. The molecule has 2 aliphatic heterocycles. The Morgan fingerprint density at radius 2 is 2.08 bits per heavy atom. The number of likely N-dealkylation sites (tertiary alicyclic amines) is 1. The van der Waals surface area contributed by atoms with E-state index in [9.17, 15) is 4.79 Å². The zero-order valence-corrected chi connectivity index (χ0v) is 15.0. The van der Waals surface area contributed by atoms with Crippen LogP contribution in [0.2, 0.25) is 0 Å². The van der Waals surface area contributed by atoms with E-state index < -0.39 is 0 Å². The van der Waals surface area contributed by atoms with Crippen molar-refractivity contribution in [2.75, 3.05) is 19.6 Å². The molecule has 3 heterocycles. The number of nitrogens with zero attached hydrogens (tertiary/aromatic N) is 2. The summed E-state index contributed by atoms with van der Waals surface area (Å²) in [5.41, 5.74) is 9.18. The van der Waals surface area contributed by atoms with Gasteiger partial charge in [0.2, 0.25) is 5.91 Å². The third-order valence-corrected chi connectivity index (χ3v) is 5.65. The van der Waals surface area contributed by atoms with Gasteiger partial charge in [0.15, 0.2) is 0 Å². The summed E-state index contributed by atoms with van der Waals surface area (Å²) in [5.74, 6) is 1.14. The molecule has 26 heavy (non-hydrogen) atoms. The van der Waals surface area contributed by atoms with Crippen LogP contribution in [0.3, 0.4) is 0 Å². The molecule has 3 unspecified atom stereocenters. The van der Waals surface area contributed by atoms with Crippen molar-refractivity contribution in [1.29, 1.82) is 0 Å². The molecule has 2 fully saturated rings. The fraction of sp³-hybridized carbons (Fsp3) is 0.429. The third-order valence-electron chi connectivity index (χ3n) is 5.65. The van der Waals surface area contributed by atoms with E-state index in [1.165, 1.54) is 12.0 Å². The Hall–Kier alpha value is -2.24. The number of carbonyl (C=O) groups is 1. The normalized spacial score (nSPS) is 26.0. The molecule has 1 amide bonds. The van der Waals surface area contributed by atoms with Gasteiger partial charge in [-0.25, -0.2) is 0 Å². The van der Waals surface area contributed by atoms with E-state index in [0.717, 1.165) is 31.6 Å². The van der Waals surface area contributed by atoms with E-state index >= 15 is 0 Å². The summed E-state index contributed by atoms with van der Waals surface area (Å²) >= 11 is 0. The lowest BCUT2D eigenvalue weighted by molar-refractivity contribution is -0.132. The number of pyridine rings is 1. The number of amides is 1. The molecule has 0 radical (unpaired) electrons. The molecule has 136 valence electrons. The Balaban J connectivity index is 1.42. The second-order valence-corrected chi connectivity index (χ2v) is 7.35. The fourth-order valence-electron chi connectivity index (χ4n) is 4.30. The van der Waals surface area contributed by atoms with Gasteiger partial charge in [-0.1, -0.05) is 36.4 Å². The van der Waals surface area contributed by atoms with Gasteiger partial charge in [0.05, 0.1) is 6.42 Å². The van der Waals surface area contributed by atoms with Gasteiger partial charge < -0.3 is 4.90 Å². The third kappa shape index (κ3) is 3.79. The van der Waals surface area contributed by atoms with Crippen molar-refractivity contribution in [3.05, 3.63) is 66.0 Å². The molecule has 5 nitrogen and oxygen atoms in total. The van der Waals surface area contributed by atoms with Crippen molar-refractivity contribution in [3.63, 3.8) is 0 Å². The number of benzene rings is 1. The second-order valence-electron chi connectivity index (χ2n) is 7.35. The highest BCUT2D eigenvalue weighted by Crippen LogP contribution is 2.31. The number of aromatic nitrogens is 1. The van der Waals surface area contributed by atoms with E-state index in [1.807, 2.05) is 17.0 Å². The number of carbonyl (C=O) groups excluding carboxylic acids is 1. The van der Waals surface area contributed by atoms with Gasteiger partial charge in [-0.15, -0.1) is 0 Å². The smallest absolute Gasteiger partial charge is 0.227 e. The van der Waals surface area contributed by atoms with Crippen LogP contribution in [0.25, 0.3) is 0 Å². The summed E-state index contributed by atoms with van der Waals surface area (Å²) in [6.45, 7) is 2.64. The first-order valence-corrected chi connectivity index (χ1v) is 9.51. The highest BCUT2D eigenvalue weighted by atomic mass is 16.2. The molecule has 2 aliphatic rings. The number of hydrazine groups is 1. The number of rotatable bonds is 4. The van der Waals surface area contributed by atoms with Crippen molar-refractivity contribution in [2.45, 2.75) is 31.2 Å². The minimum absolute atomic E-state index is 0.213. The standard InChI is InChI=1S/C21H26N4O/c26-20(12-16-6-4-10-22-13-16)25-11-5-9-18(15-25)21-19(14-23-24-21)17-7-2-1-3-8-17/h1-4,6-8,10,13,18-19,21,23-24H,5,9,11-12,14-15H2. The first-order chi connectivity index (χ1) is 12.8. The average Bonchev–Trinajstić information content (AvgIpc) is 3.19. The molecule has 0 spiro atoms. The van der Waals surface area contributed by atoms with E-state index in [0.29, 0.717) is 24.3 Å². The monoisotopic (exact) mass is 350 g/mol. The number of hydrogen-bond donors (Lipinski definition) is 2. The average molecular weight is 350 g/mol. The Bertz CT molecular complexity index is 721. The number of piperidine rings is 1. The van der Waals surface area contributed by atoms with Crippen LogP contribution in [0.4, 0.5) is 0 Å². The van der Waals surface area contributed by atoms with Crippen LogP contribution in [0.1, 0.15) is 29.9 Å². The SMILES string of the molecule is O=C(Cc1cccnc1)N1CCCC(C2NNCC2c2ccccc2)C1. The van der Waals surface area contributed by atoms with Crippen molar-refractivity contribution in [1.82, 2.24) is 20.7 Å².